The van der Waals surface area contributed by atoms with Crippen LogP contribution in [0.1, 0.15) is 54.1 Å². The van der Waals surface area contributed by atoms with Gasteiger partial charge in [-0.05, 0) is 36.9 Å². The van der Waals surface area contributed by atoms with Crippen LogP contribution in [0.3, 0.4) is 0 Å². The van der Waals surface area contributed by atoms with Crippen molar-refractivity contribution >= 4 is 40.7 Å². The van der Waals surface area contributed by atoms with Crippen molar-refractivity contribution in [3.63, 3.8) is 0 Å². The maximum atomic E-state index is 13.6. The highest BCUT2D eigenvalue weighted by atomic mass is 32.2. The van der Waals surface area contributed by atoms with Gasteiger partial charge in [0.05, 0.1) is 22.4 Å². The van der Waals surface area contributed by atoms with Gasteiger partial charge in [0, 0.05) is 36.1 Å². The fourth-order valence-corrected chi connectivity index (χ4v) is 6.42. The number of anilines is 1. The molecule has 2 amide bonds. The summed E-state index contributed by atoms with van der Waals surface area (Å²) in [6.45, 7) is 9.49. The number of nitrogens with zero attached hydrogens (tertiary/aromatic N) is 3. The molecule has 0 bridgehead atoms. The fourth-order valence-electron chi connectivity index (χ4n) is 4.25. The summed E-state index contributed by atoms with van der Waals surface area (Å²) in [5.74, 6) is 0.676. The molecule has 192 valence electrons. The van der Waals surface area contributed by atoms with Crippen molar-refractivity contribution < 1.29 is 14.3 Å². The molecule has 0 aliphatic carbocycles. The SMILES string of the molecule is COCCCNC(=O)CN1C(=O)CS[C@H](c2cccs2)c2c(C(C)(C)C)nn(-c3ccc(C)cc3)c21. The minimum absolute atomic E-state index is 0.0489. The van der Waals surface area contributed by atoms with Gasteiger partial charge in [0.2, 0.25) is 11.8 Å². The average Bonchev–Trinajstić information content (AvgIpc) is 3.47. The number of amides is 2. The Morgan fingerprint density at radius 1 is 1.22 bits per heavy atom. The van der Waals surface area contributed by atoms with E-state index in [0.717, 1.165) is 22.5 Å². The maximum absolute atomic E-state index is 13.6. The van der Waals surface area contributed by atoms with Crippen LogP contribution in [0, 0.1) is 6.92 Å². The topological polar surface area (TPSA) is 76.5 Å². The molecule has 0 radical (unpaired) electrons. The summed E-state index contributed by atoms with van der Waals surface area (Å²) in [6, 6.07) is 12.3. The van der Waals surface area contributed by atoms with Crippen molar-refractivity contribution in [2.45, 2.75) is 44.8 Å². The van der Waals surface area contributed by atoms with Gasteiger partial charge in [-0.3, -0.25) is 14.5 Å². The highest BCUT2D eigenvalue weighted by Crippen LogP contribution is 2.49. The van der Waals surface area contributed by atoms with E-state index in [-0.39, 0.29) is 34.8 Å². The number of thiophene rings is 1. The number of carbonyl (C=O) groups excluding carboxylic acids is 2. The fraction of sp³-hybridized carbons (Fsp3) is 0.444. The van der Waals surface area contributed by atoms with Crippen molar-refractivity contribution in [1.82, 2.24) is 15.1 Å². The number of aryl methyl sites for hydroxylation is 1. The lowest BCUT2D eigenvalue weighted by atomic mass is 9.88. The third kappa shape index (κ3) is 5.68. The standard InChI is InChI=1S/C27H34N4O3S2/c1-18-9-11-19(12-10-18)31-26-23(25(29-31)27(2,3)4)24(20-8-6-15-35-20)36-17-22(33)30(26)16-21(32)28-13-7-14-34-5/h6,8-12,15,24H,7,13-14,16-17H2,1-5H3,(H,28,32)/t24-/m1/s1. The summed E-state index contributed by atoms with van der Waals surface area (Å²) < 4.78 is 6.94. The molecule has 1 aliphatic heterocycles. The van der Waals surface area contributed by atoms with E-state index >= 15 is 0 Å². The van der Waals surface area contributed by atoms with Gasteiger partial charge in [0.25, 0.3) is 0 Å². The summed E-state index contributed by atoms with van der Waals surface area (Å²) in [6.07, 6.45) is 0.715. The van der Waals surface area contributed by atoms with E-state index in [9.17, 15) is 9.59 Å². The predicted molar refractivity (Wildman–Crippen MR) is 147 cm³/mol. The van der Waals surface area contributed by atoms with Crippen LogP contribution < -0.4 is 10.2 Å². The van der Waals surface area contributed by atoms with Gasteiger partial charge in [0.1, 0.15) is 12.4 Å². The van der Waals surface area contributed by atoms with E-state index in [0.29, 0.717) is 25.4 Å². The minimum atomic E-state index is -0.266. The van der Waals surface area contributed by atoms with Crippen molar-refractivity contribution in [3.05, 3.63) is 63.5 Å². The van der Waals surface area contributed by atoms with Crippen LogP contribution in [0.4, 0.5) is 5.82 Å². The smallest absolute Gasteiger partial charge is 0.240 e. The number of hydrogen-bond acceptors (Lipinski definition) is 6. The van der Waals surface area contributed by atoms with Crippen molar-refractivity contribution in [2.24, 2.45) is 0 Å². The molecule has 0 fully saturated rings. The zero-order chi connectivity index (χ0) is 25.9. The van der Waals surface area contributed by atoms with Gasteiger partial charge in [-0.1, -0.05) is 44.5 Å². The number of benzene rings is 1. The lowest BCUT2D eigenvalue weighted by Crippen LogP contribution is -2.42. The van der Waals surface area contributed by atoms with E-state index in [1.807, 2.05) is 41.9 Å². The monoisotopic (exact) mass is 526 g/mol. The molecule has 2 aromatic heterocycles. The first-order valence-corrected chi connectivity index (χ1v) is 14.0. The van der Waals surface area contributed by atoms with Gasteiger partial charge in [-0.2, -0.15) is 5.10 Å². The number of thioether (sulfide) groups is 1. The third-order valence-corrected chi connectivity index (χ3v) is 8.35. The van der Waals surface area contributed by atoms with Gasteiger partial charge in [-0.15, -0.1) is 23.1 Å². The molecule has 0 saturated carbocycles. The molecule has 3 heterocycles. The molecule has 1 atom stereocenters. The van der Waals surface area contributed by atoms with Crippen LogP contribution >= 0.6 is 23.1 Å². The molecule has 0 saturated heterocycles. The first-order valence-electron chi connectivity index (χ1n) is 12.1. The van der Waals surface area contributed by atoms with Gasteiger partial charge >= 0.3 is 0 Å². The molecule has 1 aliphatic rings. The van der Waals surface area contributed by atoms with Crippen molar-refractivity contribution in [3.8, 4) is 5.69 Å². The molecule has 1 N–H and O–H groups in total. The quantitative estimate of drug-likeness (QED) is 0.424. The Bertz CT molecular complexity index is 1200. The van der Waals surface area contributed by atoms with Crippen LogP contribution in [-0.4, -0.2) is 54.2 Å². The zero-order valence-corrected chi connectivity index (χ0v) is 23.2. The van der Waals surface area contributed by atoms with Crippen LogP contribution in [0.2, 0.25) is 0 Å². The number of ether oxygens (including phenoxy) is 1. The molecular formula is C27H34N4O3S2. The van der Waals surface area contributed by atoms with Crippen LogP contribution in [0.15, 0.2) is 41.8 Å². The average molecular weight is 527 g/mol. The summed E-state index contributed by atoms with van der Waals surface area (Å²) in [5, 5.41) is 10.1. The van der Waals surface area contributed by atoms with E-state index < -0.39 is 0 Å². The van der Waals surface area contributed by atoms with Crippen LogP contribution in [0.5, 0.6) is 0 Å². The van der Waals surface area contributed by atoms with E-state index in [2.05, 4.69) is 37.5 Å². The van der Waals surface area contributed by atoms with Gasteiger partial charge in [0.15, 0.2) is 0 Å². The summed E-state index contributed by atoms with van der Waals surface area (Å²) in [7, 11) is 1.64. The number of fused-ring (bicyclic) bond motifs is 1. The molecule has 36 heavy (non-hydrogen) atoms. The van der Waals surface area contributed by atoms with Gasteiger partial charge in [-0.25, -0.2) is 4.68 Å². The Labute approximate surface area is 221 Å². The zero-order valence-electron chi connectivity index (χ0n) is 21.5. The molecule has 1 aromatic carbocycles. The summed E-state index contributed by atoms with van der Waals surface area (Å²) in [4.78, 5) is 29.3. The summed E-state index contributed by atoms with van der Waals surface area (Å²) >= 11 is 3.29. The third-order valence-electron chi connectivity index (χ3n) is 6.03. The number of hydrogen-bond donors (Lipinski definition) is 1. The van der Waals surface area contributed by atoms with Crippen molar-refractivity contribution in [1.29, 1.82) is 0 Å². The lowest BCUT2D eigenvalue weighted by molar-refractivity contribution is -0.122. The normalized spacial score (nSPS) is 16.1. The van der Waals surface area contributed by atoms with Crippen molar-refractivity contribution in [2.75, 3.05) is 37.5 Å². The number of aromatic nitrogens is 2. The largest absolute Gasteiger partial charge is 0.385 e. The molecular weight excluding hydrogens is 492 g/mol. The molecule has 0 spiro atoms. The number of nitrogens with one attached hydrogen (secondary N) is 1. The first kappa shape index (κ1) is 26.4. The highest BCUT2D eigenvalue weighted by Gasteiger charge is 2.40. The predicted octanol–water partition coefficient (Wildman–Crippen LogP) is 4.86. The Hall–Kier alpha value is -2.62. The van der Waals surface area contributed by atoms with E-state index in [4.69, 9.17) is 9.84 Å². The Morgan fingerprint density at radius 3 is 2.61 bits per heavy atom. The Morgan fingerprint density at radius 2 is 1.97 bits per heavy atom. The number of carbonyl (C=O) groups is 2. The van der Waals surface area contributed by atoms with Crippen LogP contribution in [-0.2, 0) is 19.7 Å². The number of methoxy groups -OCH3 is 1. The molecule has 4 rings (SSSR count). The van der Waals surface area contributed by atoms with Crippen LogP contribution in [0.25, 0.3) is 5.69 Å². The molecule has 0 unspecified atom stereocenters. The molecule has 3 aromatic rings. The Balaban J connectivity index is 1.87. The second-order valence-corrected chi connectivity index (χ2v) is 12.0. The summed E-state index contributed by atoms with van der Waals surface area (Å²) in [5.41, 5.74) is 3.68. The Kier molecular flexibility index (Phi) is 8.22. The second-order valence-electron chi connectivity index (χ2n) is 9.97. The first-order chi connectivity index (χ1) is 17.2. The van der Waals surface area contributed by atoms with Gasteiger partial charge < -0.3 is 10.1 Å². The van der Waals surface area contributed by atoms with E-state index in [1.165, 1.54) is 4.88 Å². The molecule has 7 nitrogen and oxygen atoms in total. The van der Waals surface area contributed by atoms with E-state index in [1.54, 1.807) is 35.1 Å². The second kappa shape index (κ2) is 11.2. The molecule has 9 heteroatoms. The number of rotatable bonds is 8. The maximum Gasteiger partial charge on any atom is 0.240 e. The lowest BCUT2D eigenvalue weighted by Gasteiger charge is -2.24. The minimum Gasteiger partial charge on any atom is -0.385 e. The highest BCUT2D eigenvalue weighted by molar-refractivity contribution is 8.00.